The summed E-state index contributed by atoms with van der Waals surface area (Å²) >= 11 is 0. The Kier molecular flexibility index (Phi) is 5.15. The monoisotopic (exact) mass is 297 g/mol. The highest BCUT2D eigenvalue weighted by atomic mass is 16.3. The van der Waals surface area contributed by atoms with Crippen LogP contribution in [0.25, 0.3) is 0 Å². The number of nitrogens with zero attached hydrogens (tertiary/aromatic N) is 1. The Morgan fingerprint density at radius 1 is 1.19 bits per heavy atom. The summed E-state index contributed by atoms with van der Waals surface area (Å²) in [6.07, 6.45) is 7.43. The second kappa shape index (κ2) is 6.53. The molecule has 3 N–H and O–H groups in total. The number of hydrogen-bond acceptors (Lipinski definition) is 3. The molecule has 0 radical (unpaired) electrons. The van der Waals surface area contributed by atoms with Crippen LogP contribution in [0, 0.1) is 5.92 Å². The van der Waals surface area contributed by atoms with E-state index in [2.05, 4.69) is 36.6 Å². The molecule has 2 saturated carbocycles. The number of aliphatic hydroxyl groups is 1. The standard InChI is InChI=1S/C16H31N3O2/c1-13-6-4-7-15(10-13,19(2)3)11-17-14(20)18-12-16(21)8-5-9-16/h13,21H,4-12H2,1-3H3,(H2,17,18,20). The molecule has 5 nitrogen and oxygen atoms in total. The fourth-order valence-corrected chi connectivity index (χ4v) is 3.67. The minimum Gasteiger partial charge on any atom is -0.388 e. The lowest BCUT2D eigenvalue weighted by molar-refractivity contribution is -0.0291. The summed E-state index contributed by atoms with van der Waals surface area (Å²) in [5.74, 6) is 0.710. The highest BCUT2D eigenvalue weighted by Crippen LogP contribution is 2.35. The Labute approximate surface area is 128 Å². The van der Waals surface area contributed by atoms with E-state index in [0.717, 1.165) is 32.1 Å². The van der Waals surface area contributed by atoms with Crippen molar-refractivity contribution in [1.82, 2.24) is 15.5 Å². The van der Waals surface area contributed by atoms with Crippen LogP contribution in [-0.2, 0) is 0 Å². The topological polar surface area (TPSA) is 64.6 Å². The third-order valence-electron chi connectivity index (χ3n) is 5.46. The number of amides is 2. The zero-order valence-corrected chi connectivity index (χ0v) is 13.7. The van der Waals surface area contributed by atoms with Gasteiger partial charge in [-0.25, -0.2) is 4.79 Å². The smallest absolute Gasteiger partial charge is 0.314 e. The summed E-state index contributed by atoms with van der Waals surface area (Å²) in [7, 11) is 4.21. The SMILES string of the molecule is CC1CCCC(CNC(=O)NCC2(O)CCC2)(N(C)C)C1. The summed E-state index contributed by atoms with van der Waals surface area (Å²) in [4.78, 5) is 14.2. The minimum atomic E-state index is -0.657. The molecule has 21 heavy (non-hydrogen) atoms. The zero-order valence-electron chi connectivity index (χ0n) is 13.7. The van der Waals surface area contributed by atoms with E-state index in [9.17, 15) is 9.90 Å². The van der Waals surface area contributed by atoms with Gasteiger partial charge in [-0.05, 0) is 52.1 Å². The maximum atomic E-state index is 12.0. The van der Waals surface area contributed by atoms with Gasteiger partial charge in [0.25, 0.3) is 0 Å². The van der Waals surface area contributed by atoms with E-state index in [1.807, 2.05) is 0 Å². The Morgan fingerprint density at radius 3 is 2.38 bits per heavy atom. The third-order valence-corrected chi connectivity index (χ3v) is 5.46. The summed E-state index contributed by atoms with van der Waals surface area (Å²) in [6, 6.07) is -0.158. The lowest BCUT2D eigenvalue weighted by Crippen LogP contribution is -2.57. The highest BCUT2D eigenvalue weighted by molar-refractivity contribution is 5.74. The van der Waals surface area contributed by atoms with Crippen LogP contribution in [0.4, 0.5) is 4.79 Å². The van der Waals surface area contributed by atoms with Crippen LogP contribution in [0.15, 0.2) is 0 Å². The molecule has 2 aliphatic carbocycles. The molecule has 2 atom stereocenters. The van der Waals surface area contributed by atoms with Crippen molar-refractivity contribution in [3.63, 3.8) is 0 Å². The van der Waals surface area contributed by atoms with Crippen molar-refractivity contribution in [3.8, 4) is 0 Å². The number of rotatable bonds is 5. The van der Waals surface area contributed by atoms with Crippen LogP contribution in [0.5, 0.6) is 0 Å². The lowest BCUT2D eigenvalue weighted by Gasteiger charge is -2.45. The van der Waals surface area contributed by atoms with Gasteiger partial charge in [-0.2, -0.15) is 0 Å². The first-order valence-corrected chi connectivity index (χ1v) is 8.27. The van der Waals surface area contributed by atoms with Gasteiger partial charge >= 0.3 is 6.03 Å². The first-order chi connectivity index (χ1) is 9.85. The predicted octanol–water partition coefficient (Wildman–Crippen LogP) is 1.71. The predicted molar refractivity (Wildman–Crippen MR) is 84.3 cm³/mol. The lowest BCUT2D eigenvalue weighted by atomic mass is 9.75. The van der Waals surface area contributed by atoms with Crippen LogP contribution in [0.3, 0.4) is 0 Å². The highest BCUT2D eigenvalue weighted by Gasteiger charge is 2.38. The molecule has 0 aliphatic heterocycles. The van der Waals surface area contributed by atoms with E-state index in [1.54, 1.807) is 0 Å². The molecule has 2 unspecified atom stereocenters. The molecule has 2 aliphatic rings. The first-order valence-electron chi connectivity index (χ1n) is 8.27. The minimum absolute atomic E-state index is 0.0718. The molecule has 0 aromatic heterocycles. The Morgan fingerprint density at radius 2 is 1.86 bits per heavy atom. The summed E-state index contributed by atoms with van der Waals surface area (Å²) in [5.41, 5.74) is -0.585. The molecule has 0 spiro atoms. The largest absolute Gasteiger partial charge is 0.388 e. The Bertz CT molecular complexity index is 369. The van der Waals surface area contributed by atoms with Gasteiger partial charge < -0.3 is 20.6 Å². The van der Waals surface area contributed by atoms with Gasteiger partial charge in [0.05, 0.1) is 5.60 Å². The number of hydrogen-bond donors (Lipinski definition) is 3. The maximum absolute atomic E-state index is 12.0. The maximum Gasteiger partial charge on any atom is 0.314 e. The quantitative estimate of drug-likeness (QED) is 0.724. The van der Waals surface area contributed by atoms with E-state index in [0.29, 0.717) is 19.0 Å². The number of carbonyl (C=O) groups excluding carboxylic acids is 1. The molecule has 0 aromatic rings. The van der Waals surface area contributed by atoms with Gasteiger partial charge in [-0.1, -0.05) is 19.8 Å². The van der Waals surface area contributed by atoms with Crippen molar-refractivity contribution in [2.24, 2.45) is 5.92 Å². The molecule has 2 amide bonds. The van der Waals surface area contributed by atoms with Crippen LogP contribution in [0.1, 0.15) is 51.9 Å². The van der Waals surface area contributed by atoms with Crippen LogP contribution in [0.2, 0.25) is 0 Å². The second-order valence-electron chi connectivity index (χ2n) is 7.43. The van der Waals surface area contributed by atoms with Crippen molar-refractivity contribution in [2.75, 3.05) is 27.2 Å². The molecule has 0 saturated heterocycles. The summed E-state index contributed by atoms with van der Waals surface area (Å²) in [5, 5.41) is 15.8. The fourth-order valence-electron chi connectivity index (χ4n) is 3.67. The number of likely N-dealkylation sites (N-methyl/N-ethyl adjacent to an activating group) is 1. The van der Waals surface area contributed by atoms with Crippen molar-refractivity contribution < 1.29 is 9.90 Å². The van der Waals surface area contributed by atoms with E-state index >= 15 is 0 Å². The molecule has 0 heterocycles. The number of nitrogens with one attached hydrogen (secondary N) is 2. The van der Waals surface area contributed by atoms with E-state index in [4.69, 9.17) is 0 Å². The van der Waals surface area contributed by atoms with Crippen molar-refractivity contribution >= 4 is 6.03 Å². The van der Waals surface area contributed by atoms with Crippen molar-refractivity contribution in [1.29, 1.82) is 0 Å². The van der Waals surface area contributed by atoms with E-state index in [1.165, 1.54) is 12.8 Å². The van der Waals surface area contributed by atoms with Crippen molar-refractivity contribution in [3.05, 3.63) is 0 Å². The van der Waals surface area contributed by atoms with Crippen LogP contribution < -0.4 is 10.6 Å². The van der Waals surface area contributed by atoms with Gasteiger partial charge in [-0.3, -0.25) is 0 Å². The average Bonchev–Trinajstić information content (AvgIpc) is 2.40. The molecule has 0 bridgehead atoms. The second-order valence-corrected chi connectivity index (χ2v) is 7.43. The summed E-state index contributed by atoms with van der Waals surface area (Å²) in [6.45, 7) is 3.34. The van der Waals surface area contributed by atoms with Crippen LogP contribution in [-0.4, -0.2) is 54.4 Å². The van der Waals surface area contributed by atoms with Gasteiger partial charge in [0.2, 0.25) is 0 Å². The van der Waals surface area contributed by atoms with Gasteiger partial charge in [0, 0.05) is 18.6 Å². The molecular formula is C16H31N3O2. The average molecular weight is 297 g/mol. The first kappa shape index (κ1) is 16.6. The van der Waals surface area contributed by atoms with Gasteiger partial charge in [0.15, 0.2) is 0 Å². The van der Waals surface area contributed by atoms with E-state index in [-0.39, 0.29) is 11.6 Å². The third kappa shape index (κ3) is 4.10. The van der Waals surface area contributed by atoms with Gasteiger partial charge in [0.1, 0.15) is 0 Å². The fraction of sp³-hybridized carbons (Fsp3) is 0.938. The molecular weight excluding hydrogens is 266 g/mol. The summed E-state index contributed by atoms with van der Waals surface area (Å²) < 4.78 is 0. The molecule has 5 heteroatoms. The normalized spacial score (nSPS) is 31.6. The van der Waals surface area contributed by atoms with Gasteiger partial charge in [-0.15, -0.1) is 0 Å². The zero-order chi connectivity index (χ0) is 15.5. The number of urea groups is 1. The Balaban J connectivity index is 1.79. The van der Waals surface area contributed by atoms with E-state index < -0.39 is 5.60 Å². The molecule has 0 aromatic carbocycles. The number of carbonyl (C=O) groups is 1. The Hall–Kier alpha value is -0.810. The molecule has 2 rings (SSSR count). The molecule has 122 valence electrons. The van der Waals surface area contributed by atoms with Crippen molar-refractivity contribution in [2.45, 2.75) is 63.0 Å². The molecule has 2 fully saturated rings. The van der Waals surface area contributed by atoms with Crippen LogP contribution >= 0.6 is 0 Å².